The van der Waals surface area contributed by atoms with Crippen LogP contribution in [0, 0.1) is 0 Å². The summed E-state index contributed by atoms with van der Waals surface area (Å²) < 4.78 is 38.0. The number of benzene rings is 2. The van der Waals surface area contributed by atoms with E-state index in [1.807, 2.05) is 0 Å². The molecule has 0 spiro atoms. The second-order valence-corrected chi connectivity index (χ2v) is 4.52. The molecule has 0 bridgehead atoms. The zero-order valence-corrected chi connectivity index (χ0v) is 10.3. The zero-order chi connectivity index (χ0) is 14.1. The summed E-state index contributed by atoms with van der Waals surface area (Å²) in [4.78, 5) is 0. The fraction of sp³-hybridized carbons (Fsp3) is 0.200. The Hall–Kier alpha value is -1.81. The van der Waals surface area contributed by atoms with E-state index in [0.717, 1.165) is 12.1 Å². The first-order valence-electron chi connectivity index (χ1n) is 5.77. The molecule has 1 N–H and O–H groups in total. The number of halogens is 3. The van der Waals surface area contributed by atoms with Crippen molar-refractivity contribution >= 4 is 0 Å². The molecule has 0 aliphatic rings. The molecule has 100 valence electrons. The van der Waals surface area contributed by atoms with E-state index in [-0.39, 0.29) is 5.56 Å². The van der Waals surface area contributed by atoms with Crippen molar-refractivity contribution in [2.24, 2.45) is 0 Å². The van der Waals surface area contributed by atoms with Crippen LogP contribution in [0.25, 0.3) is 0 Å². The minimum atomic E-state index is -4.41. The molecule has 0 amide bonds. The van der Waals surface area contributed by atoms with E-state index < -0.39 is 17.3 Å². The zero-order valence-electron chi connectivity index (χ0n) is 10.3. The first kappa shape index (κ1) is 13.6. The monoisotopic (exact) mass is 266 g/mol. The molecule has 0 heterocycles. The maximum Gasteiger partial charge on any atom is 0.416 e. The Morgan fingerprint density at radius 1 is 0.789 bits per heavy atom. The predicted octanol–water partition coefficient (Wildman–Crippen LogP) is 3.96. The number of rotatable bonds is 2. The Labute approximate surface area is 109 Å². The van der Waals surface area contributed by atoms with Gasteiger partial charge in [0.2, 0.25) is 0 Å². The fourth-order valence-electron chi connectivity index (χ4n) is 1.93. The van der Waals surface area contributed by atoms with Gasteiger partial charge >= 0.3 is 6.18 Å². The summed E-state index contributed by atoms with van der Waals surface area (Å²) in [6.07, 6.45) is -4.41. The number of alkyl halides is 3. The van der Waals surface area contributed by atoms with Crippen LogP contribution in [0.4, 0.5) is 13.2 Å². The first-order chi connectivity index (χ1) is 8.82. The minimum Gasteiger partial charge on any atom is -0.381 e. The van der Waals surface area contributed by atoms with E-state index in [2.05, 4.69) is 0 Å². The van der Waals surface area contributed by atoms with Crippen molar-refractivity contribution in [2.75, 3.05) is 0 Å². The van der Waals surface area contributed by atoms with Gasteiger partial charge in [-0.25, -0.2) is 0 Å². The fourth-order valence-corrected chi connectivity index (χ4v) is 1.93. The van der Waals surface area contributed by atoms with Crippen molar-refractivity contribution in [3.63, 3.8) is 0 Å². The van der Waals surface area contributed by atoms with Gasteiger partial charge in [-0.3, -0.25) is 0 Å². The van der Waals surface area contributed by atoms with E-state index in [0.29, 0.717) is 5.56 Å². The normalized spacial score (nSPS) is 15.0. The van der Waals surface area contributed by atoms with Gasteiger partial charge in [0.05, 0.1) is 5.56 Å². The quantitative estimate of drug-likeness (QED) is 0.872. The van der Waals surface area contributed by atoms with Crippen molar-refractivity contribution in [1.29, 1.82) is 0 Å². The predicted molar refractivity (Wildman–Crippen MR) is 66.6 cm³/mol. The molecule has 0 aliphatic carbocycles. The van der Waals surface area contributed by atoms with Crippen LogP contribution in [0.5, 0.6) is 0 Å². The van der Waals surface area contributed by atoms with Crippen LogP contribution in [-0.4, -0.2) is 5.11 Å². The van der Waals surface area contributed by atoms with E-state index in [1.165, 1.54) is 19.1 Å². The molecule has 0 radical (unpaired) electrons. The molecule has 2 aromatic rings. The Balaban J connectivity index is 2.47. The summed E-state index contributed by atoms with van der Waals surface area (Å²) in [5, 5.41) is 10.5. The third-order valence-electron chi connectivity index (χ3n) is 3.09. The van der Waals surface area contributed by atoms with Crippen LogP contribution in [0.3, 0.4) is 0 Å². The third kappa shape index (κ3) is 2.79. The van der Waals surface area contributed by atoms with Crippen LogP contribution in [0.1, 0.15) is 23.6 Å². The van der Waals surface area contributed by atoms with Crippen molar-refractivity contribution in [2.45, 2.75) is 18.7 Å². The molecule has 1 atom stereocenters. The summed E-state index contributed by atoms with van der Waals surface area (Å²) in [6.45, 7) is 1.48. The molecule has 2 rings (SSSR count). The topological polar surface area (TPSA) is 20.2 Å². The molecule has 4 heteroatoms. The van der Waals surface area contributed by atoms with Crippen LogP contribution >= 0.6 is 0 Å². The van der Waals surface area contributed by atoms with Crippen molar-refractivity contribution in [3.8, 4) is 0 Å². The average Bonchev–Trinajstić information content (AvgIpc) is 2.39. The summed E-state index contributed by atoms with van der Waals surface area (Å²) >= 11 is 0. The van der Waals surface area contributed by atoms with Gasteiger partial charge in [0.1, 0.15) is 5.60 Å². The lowest BCUT2D eigenvalue weighted by molar-refractivity contribution is -0.137. The molecule has 19 heavy (non-hydrogen) atoms. The lowest BCUT2D eigenvalue weighted by Gasteiger charge is -2.25. The summed E-state index contributed by atoms with van der Waals surface area (Å²) in [6, 6.07) is 13.4. The summed E-state index contributed by atoms with van der Waals surface area (Å²) in [7, 11) is 0. The Kier molecular flexibility index (Phi) is 3.37. The maximum atomic E-state index is 12.7. The standard InChI is InChI=1S/C15H13F3O/c1-14(19,11-6-3-2-4-7-11)12-8-5-9-13(10-12)15(16,17)18/h2-10,19H,1H3/t14-/m1/s1. The van der Waals surface area contributed by atoms with Crippen molar-refractivity contribution in [3.05, 3.63) is 71.3 Å². The molecule has 1 nitrogen and oxygen atoms in total. The Morgan fingerprint density at radius 3 is 1.89 bits per heavy atom. The average molecular weight is 266 g/mol. The van der Waals surface area contributed by atoms with Gasteiger partial charge in [0, 0.05) is 0 Å². The molecule has 0 saturated heterocycles. The minimum absolute atomic E-state index is 0.216. The van der Waals surface area contributed by atoms with Crippen molar-refractivity contribution < 1.29 is 18.3 Å². The second kappa shape index (κ2) is 4.70. The van der Waals surface area contributed by atoms with Crippen LogP contribution in [0.15, 0.2) is 54.6 Å². The van der Waals surface area contributed by atoms with Crippen LogP contribution in [0.2, 0.25) is 0 Å². The Morgan fingerprint density at radius 2 is 1.32 bits per heavy atom. The molecule has 0 saturated carbocycles. The van der Waals surface area contributed by atoms with Crippen LogP contribution < -0.4 is 0 Å². The molecule has 0 unspecified atom stereocenters. The highest BCUT2D eigenvalue weighted by atomic mass is 19.4. The highest BCUT2D eigenvalue weighted by molar-refractivity contribution is 5.37. The third-order valence-corrected chi connectivity index (χ3v) is 3.09. The van der Waals surface area contributed by atoms with Gasteiger partial charge in [0.25, 0.3) is 0 Å². The largest absolute Gasteiger partial charge is 0.416 e. The molecular weight excluding hydrogens is 253 g/mol. The smallest absolute Gasteiger partial charge is 0.381 e. The first-order valence-corrected chi connectivity index (χ1v) is 5.77. The summed E-state index contributed by atoms with van der Waals surface area (Å²) in [5.74, 6) is 0. The van der Waals surface area contributed by atoms with Crippen LogP contribution in [-0.2, 0) is 11.8 Å². The lowest BCUT2D eigenvalue weighted by atomic mass is 9.87. The highest BCUT2D eigenvalue weighted by Crippen LogP contribution is 2.34. The van der Waals surface area contributed by atoms with Gasteiger partial charge < -0.3 is 5.11 Å². The van der Waals surface area contributed by atoms with Gasteiger partial charge in [-0.15, -0.1) is 0 Å². The maximum absolute atomic E-state index is 12.7. The molecule has 0 fully saturated rings. The molecule has 2 aromatic carbocycles. The molecule has 0 aliphatic heterocycles. The number of hydrogen-bond acceptors (Lipinski definition) is 1. The Bertz CT molecular complexity index is 559. The van der Waals surface area contributed by atoms with Gasteiger partial charge in [-0.1, -0.05) is 42.5 Å². The van der Waals surface area contributed by atoms with E-state index in [9.17, 15) is 18.3 Å². The van der Waals surface area contributed by atoms with Gasteiger partial charge in [0.15, 0.2) is 0 Å². The van der Waals surface area contributed by atoms with E-state index in [4.69, 9.17) is 0 Å². The molecular formula is C15H13F3O. The SMILES string of the molecule is C[C@@](O)(c1ccccc1)c1cccc(C(F)(F)F)c1. The van der Waals surface area contributed by atoms with E-state index >= 15 is 0 Å². The van der Waals surface area contributed by atoms with Gasteiger partial charge in [-0.05, 0) is 30.2 Å². The van der Waals surface area contributed by atoms with E-state index in [1.54, 1.807) is 30.3 Å². The number of hydrogen-bond donors (Lipinski definition) is 1. The van der Waals surface area contributed by atoms with Crippen molar-refractivity contribution in [1.82, 2.24) is 0 Å². The number of aliphatic hydroxyl groups is 1. The lowest BCUT2D eigenvalue weighted by Crippen LogP contribution is -2.23. The highest BCUT2D eigenvalue weighted by Gasteiger charge is 2.33. The second-order valence-electron chi connectivity index (χ2n) is 4.52. The van der Waals surface area contributed by atoms with Gasteiger partial charge in [-0.2, -0.15) is 13.2 Å². The summed E-state index contributed by atoms with van der Waals surface area (Å²) in [5.41, 5.74) is -1.45. The molecule has 0 aromatic heterocycles.